The van der Waals surface area contributed by atoms with Crippen LogP contribution < -0.4 is 5.32 Å². The molecule has 9 saturated heterocycles. The highest BCUT2D eigenvalue weighted by atomic mass is 16.8. The molecule has 0 aromatic heterocycles. The van der Waals surface area contributed by atoms with Gasteiger partial charge in [0, 0.05) is 18.1 Å². The zero-order valence-corrected chi connectivity index (χ0v) is 85.9. The smallest absolute Gasteiger partial charge is 0.333 e. The molecule has 14 aliphatic rings. The average molecular weight is 2120 g/mol. The van der Waals surface area contributed by atoms with Crippen molar-refractivity contribution in [1.29, 1.82) is 0 Å². The molecule has 14 rings (SSSR count). The quantitative estimate of drug-likeness (QED) is 0.00957. The zero-order valence-electron chi connectivity index (χ0n) is 85.9. The van der Waals surface area contributed by atoms with Crippen LogP contribution in [0.4, 0.5) is 0 Å². The molecule has 0 bridgehead atoms. The number of rotatable bonds is 34. The highest BCUT2D eigenvalue weighted by molar-refractivity contribution is 5.88. The Labute approximate surface area is 858 Å². The van der Waals surface area contributed by atoms with Crippen molar-refractivity contribution in [3.05, 3.63) is 60.3 Å². The molecule has 13 fully saturated rings. The normalized spacial score (nSPS) is 47.7. The van der Waals surface area contributed by atoms with Crippen LogP contribution in [0.15, 0.2) is 60.3 Å². The summed E-state index contributed by atoms with van der Waals surface area (Å²) in [6, 6.07) is -1.32. The minimum atomic E-state index is -2.30. The van der Waals surface area contributed by atoms with Crippen LogP contribution in [-0.2, 0) is 114 Å². The summed E-state index contributed by atoms with van der Waals surface area (Å²) in [5.74, 6) is -3.80. The summed E-state index contributed by atoms with van der Waals surface area (Å²) >= 11 is 0. The molecule has 23 N–H and O–H groups in total. The third kappa shape index (κ3) is 24.2. The molecule has 50 unspecified atom stereocenters. The van der Waals surface area contributed by atoms with Crippen molar-refractivity contribution in [1.82, 2.24) is 5.32 Å². The van der Waals surface area contributed by atoms with E-state index in [1.165, 1.54) is 52.0 Å². The number of carbonyl (C=O) groups excluding carboxylic acids is 4. The van der Waals surface area contributed by atoms with Crippen LogP contribution in [0, 0.1) is 50.2 Å². The monoisotopic (exact) mass is 2120 g/mol. The lowest BCUT2D eigenvalue weighted by Gasteiger charge is -2.71. The van der Waals surface area contributed by atoms with Gasteiger partial charge in [0.2, 0.25) is 12.2 Å². The third-order valence-corrected chi connectivity index (χ3v) is 34.6. The lowest BCUT2D eigenvalue weighted by molar-refractivity contribution is -0.398. The fourth-order valence-corrected chi connectivity index (χ4v) is 25.0. The van der Waals surface area contributed by atoms with Gasteiger partial charge in [-0.2, -0.15) is 0 Å². The molecular formula is C101H159NO46. The molecule has 148 heavy (non-hydrogen) atoms. The van der Waals surface area contributed by atoms with E-state index in [1.54, 1.807) is 13.8 Å². The highest BCUT2D eigenvalue weighted by Crippen LogP contribution is 2.76. The first kappa shape index (κ1) is 119. The molecule has 844 valence electrons. The number of carbonyl (C=O) groups is 4. The molecule has 1 amide bonds. The van der Waals surface area contributed by atoms with Crippen molar-refractivity contribution in [3.8, 4) is 0 Å². The predicted octanol–water partition coefficient (Wildman–Crippen LogP) is -4.12. The number of ether oxygens (including phenoxy) is 20. The zero-order chi connectivity index (χ0) is 108. The Morgan fingerprint density at radius 2 is 0.959 bits per heavy atom. The first-order valence-electron chi connectivity index (χ1n) is 51.5. The van der Waals surface area contributed by atoms with Crippen LogP contribution in [-0.4, -0.2) is 452 Å². The molecule has 50 atom stereocenters. The van der Waals surface area contributed by atoms with Crippen LogP contribution in [0.3, 0.4) is 0 Å². The summed E-state index contributed by atoms with van der Waals surface area (Å²) in [6.07, 6.45) is -56.7. The van der Waals surface area contributed by atoms with Crippen LogP contribution >= 0.6 is 0 Å². The fourth-order valence-electron chi connectivity index (χ4n) is 25.0. The molecule has 0 aromatic rings. The van der Waals surface area contributed by atoms with Gasteiger partial charge in [-0.25, -0.2) is 9.59 Å². The van der Waals surface area contributed by atoms with Gasteiger partial charge in [-0.15, -0.1) is 13.2 Å². The van der Waals surface area contributed by atoms with E-state index in [2.05, 4.69) is 73.0 Å². The molecule has 5 aliphatic carbocycles. The summed E-state index contributed by atoms with van der Waals surface area (Å²) in [5.41, 5.74) is -5.29. The van der Waals surface area contributed by atoms with Gasteiger partial charge in [-0.1, -0.05) is 84.4 Å². The van der Waals surface area contributed by atoms with Crippen LogP contribution in [0.2, 0.25) is 0 Å². The first-order valence-corrected chi connectivity index (χ1v) is 51.5. The molecule has 0 radical (unpaired) electrons. The summed E-state index contributed by atoms with van der Waals surface area (Å²) in [4.78, 5) is 57.4. The summed E-state index contributed by atoms with van der Waals surface area (Å²) < 4.78 is 122. The minimum absolute atomic E-state index is 0.00192. The largest absolute Gasteiger partial charge is 0.459 e. The molecule has 47 heteroatoms. The number of fused-ring (bicyclic) bond motifs is 7. The lowest BCUT2D eigenvalue weighted by atomic mass is 9.33. The fraction of sp³-hybridized carbons (Fsp3) is 0.861. The number of hydrogen-bond donors (Lipinski definition) is 23. The number of hydrogen-bond acceptors (Lipinski definition) is 46. The highest BCUT2D eigenvalue weighted by Gasteiger charge is 2.72. The van der Waals surface area contributed by atoms with E-state index in [1.807, 2.05) is 0 Å². The number of aliphatic hydroxyl groups excluding tert-OH is 21. The van der Waals surface area contributed by atoms with Crippen molar-refractivity contribution in [2.24, 2.45) is 50.2 Å². The van der Waals surface area contributed by atoms with Crippen molar-refractivity contribution in [2.45, 2.75) is 443 Å². The standard InChI is InChI=1S/C101H159NO46/c1-16-96(11,128)26-18-20-44(4)83(126)141-80-64(113)52(108)39-134-91(80)148-97(12,17-2)27-19-21-43(3)82(125)129-41-55-67(116)70(119)81(146-89-75(124)78(144-88-73(122)69(118)65(114)54(35-103)137-88)76(45(5)136-89)142-87-74(123)77(53(109)40-132-87)143-85-71(120)61(110)49(105)36-130-85)92(139-55)147-93(127)101-32-30-94(7,8)34-48(101)47-22-23-58-98(13)28-25-59(95(9,10)57(98)24-29-100(58,15)99(47,14)31-33-101)140-84-60(102-46(6)104)68(117)66(115)56(138-84)42-135-90-79(63(112)51(107)38-133-90)145-86-72(121)62(111)50(106)37-131-86/h16-17,20-22,45,48-81,84-92,103,105-124,128H,1-2,18-19,23-42H2,3-15H3,(H,102,104). The first-order chi connectivity index (χ1) is 69.4. The number of allylic oxidation sites excluding steroid dienone is 4. The van der Waals surface area contributed by atoms with Gasteiger partial charge in [0.25, 0.3) is 0 Å². The topological polar surface area (TPSA) is 710 Å². The van der Waals surface area contributed by atoms with E-state index in [0.29, 0.717) is 51.4 Å². The van der Waals surface area contributed by atoms with Crippen molar-refractivity contribution < 1.29 is 226 Å². The number of esters is 3. The molecule has 4 saturated carbocycles. The van der Waals surface area contributed by atoms with Gasteiger partial charge in [-0.3, -0.25) is 9.59 Å². The Kier molecular flexibility index (Phi) is 38.0. The van der Waals surface area contributed by atoms with E-state index in [-0.39, 0.29) is 61.5 Å². The second-order valence-corrected chi connectivity index (χ2v) is 45.6. The van der Waals surface area contributed by atoms with Crippen molar-refractivity contribution >= 4 is 23.8 Å². The predicted molar refractivity (Wildman–Crippen MR) is 501 cm³/mol. The minimum Gasteiger partial charge on any atom is -0.459 e. The average Bonchev–Trinajstić information content (AvgIpc) is 0.672. The Morgan fingerprint density at radius 1 is 0.459 bits per heavy atom. The molecule has 9 heterocycles. The van der Waals surface area contributed by atoms with Gasteiger partial charge >= 0.3 is 17.9 Å². The Bertz CT molecular complexity index is 4580. The number of amides is 1. The summed E-state index contributed by atoms with van der Waals surface area (Å²) in [5, 5.41) is 249. The second-order valence-electron chi connectivity index (χ2n) is 45.6. The molecule has 0 spiro atoms. The maximum absolute atomic E-state index is 16.6. The van der Waals surface area contributed by atoms with Crippen molar-refractivity contribution in [3.63, 3.8) is 0 Å². The maximum atomic E-state index is 16.6. The molecule has 9 aliphatic heterocycles. The van der Waals surface area contributed by atoms with Gasteiger partial charge in [0.1, 0.15) is 177 Å². The Balaban J connectivity index is 0.719. The second kappa shape index (κ2) is 47.4. The van der Waals surface area contributed by atoms with Crippen molar-refractivity contribution in [2.75, 3.05) is 52.9 Å². The van der Waals surface area contributed by atoms with Gasteiger partial charge in [0.05, 0.1) is 75.1 Å². The Morgan fingerprint density at radius 3 is 1.58 bits per heavy atom. The van der Waals surface area contributed by atoms with Gasteiger partial charge in [-0.05, 0) is 169 Å². The van der Waals surface area contributed by atoms with Crippen LogP contribution in [0.25, 0.3) is 0 Å². The Hall–Kier alpha value is -4.98. The summed E-state index contributed by atoms with van der Waals surface area (Å²) in [7, 11) is 0. The lowest BCUT2D eigenvalue weighted by Crippen LogP contribution is -2.68. The molecular weight excluding hydrogens is 1960 g/mol. The number of aliphatic hydroxyl groups is 22. The third-order valence-electron chi connectivity index (χ3n) is 34.6. The van der Waals surface area contributed by atoms with Crippen LogP contribution in [0.5, 0.6) is 0 Å². The molecule has 0 aromatic carbocycles. The van der Waals surface area contributed by atoms with E-state index in [4.69, 9.17) is 94.7 Å². The van der Waals surface area contributed by atoms with Gasteiger partial charge < -0.3 is 212 Å². The van der Waals surface area contributed by atoms with E-state index >= 15 is 4.79 Å². The van der Waals surface area contributed by atoms with E-state index in [0.717, 1.165) is 5.57 Å². The maximum Gasteiger partial charge on any atom is 0.333 e. The van der Waals surface area contributed by atoms with E-state index in [9.17, 15) is 127 Å². The molecule has 47 nitrogen and oxygen atoms in total. The van der Waals surface area contributed by atoms with Crippen LogP contribution in [0.1, 0.15) is 180 Å². The SMILES string of the molecule is C=CC(C)(O)CCC=C(C)C(=O)OC1C(OC(C)(C=C)CCC=C(C)C(=O)OCC2OC(OC(=O)C34CCC(C)(C)CC3C3=CCC5C6(C)CCC(OC7OC(COC8OCC(O)C(O)C8OC8OCC(O)C(O)C8O)C(O)C(O)C7NC(C)=O)C(C)(C)C6CCC5(C)C3(C)CC4)C(OC3OC(C)C(OC4OCC(O)C(OC5OCC(O)C(O)C5O)C4O)C(OC4OC(CO)C(O)C(O)C4O)C3O)C(O)C2O)OCC(O)C1O. The van der Waals surface area contributed by atoms with E-state index < -0.39 is 378 Å². The number of nitrogens with one attached hydrogen (secondary N) is 1. The summed E-state index contributed by atoms with van der Waals surface area (Å²) in [6.45, 7) is 26.7. The van der Waals surface area contributed by atoms with Gasteiger partial charge in [0.15, 0.2) is 62.5 Å².